The summed E-state index contributed by atoms with van der Waals surface area (Å²) in [6.07, 6.45) is 0.782. The third kappa shape index (κ3) is 2.26. The molecule has 1 aromatic carbocycles. The van der Waals surface area contributed by atoms with Crippen molar-refractivity contribution < 1.29 is 9.90 Å². The Morgan fingerprint density at radius 2 is 2.00 bits per heavy atom. The SMILES string of the molecule is CCc1c(-c2cccs2)nc2sc(C(=O)O)c(-c3ccccc3)n12. The number of aryl methyl sites for hydroxylation is 1. The number of carboxylic acids is 1. The first-order chi connectivity index (χ1) is 11.7. The molecule has 1 N–H and O–H groups in total. The van der Waals surface area contributed by atoms with Crippen LogP contribution in [-0.2, 0) is 6.42 Å². The van der Waals surface area contributed by atoms with Crippen LogP contribution < -0.4 is 0 Å². The van der Waals surface area contributed by atoms with Crippen LogP contribution in [0, 0.1) is 0 Å². The summed E-state index contributed by atoms with van der Waals surface area (Å²) in [6.45, 7) is 2.08. The second-order valence-corrected chi connectivity index (χ2v) is 7.23. The average Bonchev–Trinajstić information content (AvgIpc) is 3.29. The Labute approximate surface area is 146 Å². The van der Waals surface area contributed by atoms with E-state index in [1.165, 1.54) is 11.3 Å². The predicted molar refractivity (Wildman–Crippen MR) is 98.2 cm³/mol. The standard InChI is InChI=1S/C18H14N2O2S2/c1-2-12-14(13-9-6-10-23-13)19-18-20(12)15(16(24-18)17(21)22)11-7-4-3-5-8-11/h3-10H,2H2,1H3,(H,21,22). The van der Waals surface area contributed by atoms with E-state index in [0.29, 0.717) is 4.88 Å². The van der Waals surface area contributed by atoms with E-state index in [2.05, 4.69) is 13.0 Å². The maximum Gasteiger partial charge on any atom is 0.348 e. The van der Waals surface area contributed by atoms with E-state index < -0.39 is 5.97 Å². The number of aromatic carboxylic acids is 1. The van der Waals surface area contributed by atoms with Gasteiger partial charge in [-0.15, -0.1) is 11.3 Å². The molecule has 0 saturated carbocycles. The van der Waals surface area contributed by atoms with Gasteiger partial charge >= 0.3 is 5.97 Å². The van der Waals surface area contributed by atoms with E-state index in [9.17, 15) is 9.90 Å². The number of aromatic nitrogens is 2. The minimum absolute atomic E-state index is 0.330. The molecule has 0 fully saturated rings. The number of rotatable bonds is 4. The Kier molecular flexibility index (Phi) is 3.70. The molecule has 0 radical (unpaired) electrons. The van der Waals surface area contributed by atoms with E-state index in [1.54, 1.807) is 11.3 Å². The van der Waals surface area contributed by atoms with Crippen LogP contribution >= 0.6 is 22.7 Å². The molecule has 24 heavy (non-hydrogen) atoms. The van der Waals surface area contributed by atoms with Gasteiger partial charge < -0.3 is 5.11 Å². The third-order valence-corrected chi connectivity index (χ3v) is 5.81. The van der Waals surface area contributed by atoms with Gasteiger partial charge in [0.15, 0.2) is 4.96 Å². The molecule has 4 aromatic rings. The van der Waals surface area contributed by atoms with Crippen LogP contribution in [0.1, 0.15) is 22.3 Å². The molecule has 0 amide bonds. The lowest BCUT2D eigenvalue weighted by Crippen LogP contribution is -2.00. The molecule has 0 atom stereocenters. The number of thiazole rings is 1. The van der Waals surface area contributed by atoms with Crippen LogP contribution in [0.25, 0.3) is 26.8 Å². The molecule has 4 rings (SSSR count). The summed E-state index contributed by atoms with van der Waals surface area (Å²) in [4.78, 5) is 18.7. The van der Waals surface area contributed by atoms with Gasteiger partial charge in [0.2, 0.25) is 0 Å². The van der Waals surface area contributed by atoms with Crippen molar-refractivity contribution in [3.63, 3.8) is 0 Å². The Bertz CT molecular complexity index is 1010. The fourth-order valence-corrected chi connectivity index (χ4v) is 4.65. The molecule has 4 nitrogen and oxygen atoms in total. The lowest BCUT2D eigenvalue weighted by molar-refractivity contribution is 0.0702. The second-order valence-electron chi connectivity index (χ2n) is 5.31. The summed E-state index contributed by atoms with van der Waals surface area (Å²) < 4.78 is 2.01. The molecule has 3 aromatic heterocycles. The molecule has 0 aliphatic carbocycles. The fraction of sp³-hybridized carbons (Fsp3) is 0.111. The molecule has 0 aliphatic heterocycles. The highest BCUT2D eigenvalue weighted by Crippen LogP contribution is 2.37. The number of thiophene rings is 1. The molecule has 0 unspecified atom stereocenters. The average molecular weight is 354 g/mol. The minimum Gasteiger partial charge on any atom is -0.477 e. The van der Waals surface area contributed by atoms with E-state index in [1.807, 2.05) is 46.2 Å². The van der Waals surface area contributed by atoms with Gasteiger partial charge in [-0.05, 0) is 17.9 Å². The van der Waals surface area contributed by atoms with Crippen LogP contribution in [0.4, 0.5) is 0 Å². The van der Waals surface area contributed by atoms with Crippen molar-refractivity contribution in [2.45, 2.75) is 13.3 Å². The minimum atomic E-state index is -0.913. The number of hydrogen-bond acceptors (Lipinski definition) is 4. The summed E-state index contributed by atoms with van der Waals surface area (Å²) in [5, 5.41) is 11.7. The van der Waals surface area contributed by atoms with E-state index >= 15 is 0 Å². The summed E-state index contributed by atoms with van der Waals surface area (Å²) in [5.74, 6) is -0.913. The first kappa shape index (κ1) is 15.1. The van der Waals surface area contributed by atoms with Gasteiger partial charge in [0.05, 0.1) is 16.3 Å². The lowest BCUT2D eigenvalue weighted by atomic mass is 10.1. The second kappa shape index (κ2) is 5.89. The summed E-state index contributed by atoms with van der Waals surface area (Å²) in [6, 6.07) is 13.7. The first-order valence-electron chi connectivity index (χ1n) is 7.57. The van der Waals surface area contributed by atoms with Crippen molar-refractivity contribution in [2.24, 2.45) is 0 Å². The topological polar surface area (TPSA) is 54.6 Å². The van der Waals surface area contributed by atoms with Crippen molar-refractivity contribution in [1.29, 1.82) is 0 Å². The molecule has 6 heteroatoms. The first-order valence-corrected chi connectivity index (χ1v) is 9.27. The van der Waals surface area contributed by atoms with Crippen molar-refractivity contribution >= 4 is 33.6 Å². The van der Waals surface area contributed by atoms with Gasteiger partial charge in [-0.3, -0.25) is 4.40 Å². The van der Waals surface area contributed by atoms with Crippen molar-refractivity contribution in [3.8, 4) is 21.8 Å². The molecule has 0 bridgehead atoms. The molecule has 3 heterocycles. The Morgan fingerprint density at radius 1 is 1.21 bits per heavy atom. The normalized spacial score (nSPS) is 11.2. The van der Waals surface area contributed by atoms with Crippen molar-refractivity contribution in [1.82, 2.24) is 9.38 Å². The zero-order valence-electron chi connectivity index (χ0n) is 12.9. The number of carbonyl (C=O) groups is 1. The zero-order chi connectivity index (χ0) is 16.7. The predicted octanol–water partition coefficient (Wildman–Crippen LogP) is 5.05. The van der Waals surface area contributed by atoms with Crippen LogP contribution in [-0.4, -0.2) is 20.5 Å². The molecular formula is C18H14N2O2S2. The highest BCUT2D eigenvalue weighted by atomic mass is 32.1. The monoisotopic (exact) mass is 354 g/mol. The van der Waals surface area contributed by atoms with Crippen LogP contribution in [0.2, 0.25) is 0 Å². The van der Waals surface area contributed by atoms with Gasteiger partial charge in [-0.25, -0.2) is 9.78 Å². The maximum absolute atomic E-state index is 11.7. The van der Waals surface area contributed by atoms with Gasteiger partial charge in [-0.2, -0.15) is 0 Å². The van der Waals surface area contributed by atoms with Crippen molar-refractivity contribution in [2.75, 3.05) is 0 Å². The molecular weight excluding hydrogens is 340 g/mol. The Morgan fingerprint density at radius 3 is 2.62 bits per heavy atom. The summed E-state index contributed by atoms with van der Waals surface area (Å²) in [7, 11) is 0. The Balaban J connectivity index is 2.08. The van der Waals surface area contributed by atoms with Crippen LogP contribution in [0.3, 0.4) is 0 Å². The highest BCUT2D eigenvalue weighted by molar-refractivity contribution is 7.19. The summed E-state index contributed by atoms with van der Waals surface area (Å²) in [5.41, 5.74) is 3.61. The van der Waals surface area contributed by atoms with E-state index in [0.717, 1.165) is 38.9 Å². The van der Waals surface area contributed by atoms with Gasteiger partial charge in [0, 0.05) is 5.56 Å². The van der Waals surface area contributed by atoms with Crippen LogP contribution in [0.15, 0.2) is 47.8 Å². The largest absolute Gasteiger partial charge is 0.477 e. The number of benzene rings is 1. The quantitative estimate of drug-likeness (QED) is 0.558. The Hall–Kier alpha value is -2.44. The number of nitrogens with zero attached hydrogens (tertiary/aromatic N) is 2. The molecule has 0 spiro atoms. The number of hydrogen-bond donors (Lipinski definition) is 1. The van der Waals surface area contributed by atoms with Gasteiger partial charge in [0.25, 0.3) is 0 Å². The molecule has 0 saturated heterocycles. The fourth-order valence-electron chi connectivity index (χ4n) is 2.91. The lowest BCUT2D eigenvalue weighted by Gasteiger charge is -2.06. The van der Waals surface area contributed by atoms with Crippen LogP contribution in [0.5, 0.6) is 0 Å². The van der Waals surface area contributed by atoms with Gasteiger partial charge in [0.1, 0.15) is 10.6 Å². The van der Waals surface area contributed by atoms with Gasteiger partial charge in [-0.1, -0.05) is 54.7 Å². The molecule has 0 aliphatic rings. The smallest absolute Gasteiger partial charge is 0.348 e. The zero-order valence-corrected chi connectivity index (χ0v) is 14.5. The third-order valence-electron chi connectivity index (χ3n) is 3.90. The number of carboxylic acid groups (broad SMARTS) is 1. The van der Waals surface area contributed by atoms with Crippen molar-refractivity contribution in [3.05, 3.63) is 58.4 Å². The van der Waals surface area contributed by atoms with E-state index in [4.69, 9.17) is 4.98 Å². The number of fused-ring (bicyclic) bond motifs is 1. The summed E-state index contributed by atoms with van der Waals surface area (Å²) >= 11 is 2.88. The molecule has 120 valence electrons. The maximum atomic E-state index is 11.7. The van der Waals surface area contributed by atoms with E-state index in [-0.39, 0.29) is 0 Å². The number of imidazole rings is 1. The highest BCUT2D eigenvalue weighted by Gasteiger charge is 2.25.